The van der Waals surface area contributed by atoms with Crippen LogP contribution in [0.15, 0.2) is 49.1 Å². The third kappa shape index (κ3) is 7.90. The maximum atomic E-state index is 13.2. The van der Waals surface area contributed by atoms with Gasteiger partial charge in [0, 0.05) is 63.0 Å². The van der Waals surface area contributed by atoms with Crippen molar-refractivity contribution in [2.45, 2.75) is 82.5 Å². The Morgan fingerprint density at radius 1 is 0.883 bits per heavy atom. The molecule has 6 amide bonds. The molecule has 1 saturated carbocycles. The first kappa shape index (κ1) is 39.2. The van der Waals surface area contributed by atoms with Crippen molar-refractivity contribution in [3.63, 3.8) is 0 Å². The van der Waals surface area contributed by atoms with E-state index in [4.69, 9.17) is 9.72 Å². The minimum atomic E-state index is -1.05. The zero-order valence-electron chi connectivity index (χ0n) is 33.3. The molecule has 1 aromatic carbocycles. The molecule has 0 bridgehead atoms. The SMILES string of the molecule is Cc1cccc(C(=O)NC2CC(n3cnc4c(NC5CCN(CC6CCN(C(=O)COc7ccc8c(c7)C(=O)N([C@H]7CCC(=O)NC7=O)C8=O)CC6)CC5)ncnc43)C2)n1. The molecule has 3 saturated heterocycles. The Bertz CT molecular complexity index is 2360. The Labute approximate surface area is 345 Å². The Hall–Kier alpha value is -6.30. The monoisotopic (exact) mass is 817 g/mol. The van der Waals surface area contributed by atoms with Gasteiger partial charge in [-0.3, -0.25) is 39.0 Å². The molecule has 3 aromatic heterocycles. The Balaban J connectivity index is 0.696. The predicted molar refractivity (Wildman–Crippen MR) is 215 cm³/mol. The van der Waals surface area contributed by atoms with E-state index in [9.17, 15) is 28.8 Å². The molecule has 0 unspecified atom stereocenters. The van der Waals surface area contributed by atoms with E-state index in [0.717, 1.165) is 85.7 Å². The summed E-state index contributed by atoms with van der Waals surface area (Å²) in [4.78, 5) is 99.2. The number of aryl methyl sites for hydroxylation is 1. The summed E-state index contributed by atoms with van der Waals surface area (Å²) in [5.74, 6) is -1.12. The van der Waals surface area contributed by atoms with E-state index < -0.39 is 29.7 Å². The summed E-state index contributed by atoms with van der Waals surface area (Å²) >= 11 is 0. The van der Waals surface area contributed by atoms with Crippen LogP contribution in [-0.2, 0) is 14.4 Å². The third-order valence-electron chi connectivity index (χ3n) is 12.5. The first-order chi connectivity index (χ1) is 29.1. The van der Waals surface area contributed by atoms with Crippen molar-refractivity contribution >= 4 is 52.4 Å². The van der Waals surface area contributed by atoms with Crippen molar-refractivity contribution in [3.8, 4) is 5.75 Å². The van der Waals surface area contributed by atoms with Crippen LogP contribution in [-0.4, -0.2) is 132 Å². The number of benzene rings is 1. The number of anilines is 1. The molecule has 18 nitrogen and oxygen atoms in total. The van der Waals surface area contributed by atoms with Gasteiger partial charge in [-0.2, -0.15) is 0 Å². The molecule has 3 N–H and O–H groups in total. The summed E-state index contributed by atoms with van der Waals surface area (Å²) in [7, 11) is 0. The molecular formula is C42H47N11O7. The van der Waals surface area contributed by atoms with Gasteiger partial charge in [-0.25, -0.2) is 19.9 Å². The van der Waals surface area contributed by atoms with Gasteiger partial charge in [-0.1, -0.05) is 6.07 Å². The van der Waals surface area contributed by atoms with Gasteiger partial charge in [0.15, 0.2) is 18.1 Å². The number of hydrogen-bond acceptors (Lipinski definition) is 13. The molecule has 4 fully saturated rings. The maximum Gasteiger partial charge on any atom is 0.270 e. The van der Waals surface area contributed by atoms with Gasteiger partial charge >= 0.3 is 0 Å². The predicted octanol–water partition coefficient (Wildman–Crippen LogP) is 2.26. The standard InChI is InChI=1S/C42H47N11O7/c1-24-3-2-4-32(46-24)39(56)48-27-17-28(18-27)52-23-45-36-37(43-22-44-38(36)52)47-26-11-13-50(14-12-26)20-25-9-15-51(16-10-25)35(55)21-60-29-5-6-30-31(19-29)42(59)53(41(30)58)33-7-8-34(54)49-40(33)57/h2-6,19,22-23,25-28,33H,7-18,20-21H2,1H3,(H,48,56)(H,43,44,47)(H,49,54,57)/t27?,28?,33-/m0/s1. The number of rotatable bonds is 11. The summed E-state index contributed by atoms with van der Waals surface area (Å²) in [6.07, 6.45) is 8.85. The summed E-state index contributed by atoms with van der Waals surface area (Å²) in [6.45, 7) is 5.85. The van der Waals surface area contributed by atoms with Gasteiger partial charge in [-0.15, -0.1) is 0 Å². The number of nitrogens with zero attached hydrogens (tertiary/aromatic N) is 8. The van der Waals surface area contributed by atoms with Gasteiger partial charge in [0.1, 0.15) is 29.3 Å². The zero-order chi connectivity index (χ0) is 41.5. The number of imidazole rings is 1. The van der Waals surface area contributed by atoms with E-state index in [1.165, 1.54) is 12.1 Å². The molecule has 312 valence electrons. The number of carbonyl (C=O) groups is 6. The molecule has 0 radical (unpaired) electrons. The highest BCUT2D eigenvalue weighted by Crippen LogP contribution is 2.36. The molecule has 1 aliphatic carbocycles. The highest BCUT2D eigenvalue weighted by molar-refractivity contribution is 6.23. The quantitative estimate of drug-likeness (QED) is 0.186. The summed E-state index contributed by atoms with van der Waals surface area (Å²) in [6, 6.07) is 9.35. The smallest absolute Gasteiger partial charge is 0.270 e. The fourth-order valence-corrected chi connectivity index (χ4v) is 9.05. The Morgan fingerprint density at radius 3 is 2.43 bits per heavy atom. The van der Waals surface area contributed by atoms with Gasteiger partial charge < -0.3 is 29.7 Å². The van der Waals surface area contributed by atoms with Crippen LogP contribution in [0, 0.1) is 12.8 Å². The number of ether oxygens (including phenoxy) is 1. The number of piperidine rings is 3. The molecule has 0 spiro atoms. The van der Waals surface area contributed by atoms with Crippen LogP contribution >= 0.6 is 0 Å². The van der Waals surface area contributed by atoms with Gasteiger partial charge in [0.25, 0.3) is 23.6 Å². The summed E-state index contributed by atoms with van der Waals surface area (Å²) < 4.78 is 7.87. The molecule has 60 heavy (non-hydrogen) atoms. The molecule has 1 atom stereocenters. The van der Waals surface area contributed by atoms with E-state index in [1.54, 1.807) is 18.5 Å². The van der Waals surface area contributed by atoms with Crippen molar-refractivity contribution in [2.24, 2.45) is 5.92 Å². The molecular weight excluding hydrogens is 771 g/mol. The van der Waals surface area contributed by atoms with E-state index >= 15 is 0 Å². The lowest BCUT2D eigenvalue weighted by Crippen LogP contribution is -2.54. The van der Waals surface area contributed by atoms with Crippen molar-refractivity contribution < 1.29 is 33.5 Å². The van der Waals surface area contributed by atoms with E-state index in [1.807, 2.05) is 30.3 Å². The van der Waals surface area contributed by atoms with Crippen molar-refractivity contribution in [1.82, 2.24) is 49.8 Å². The van der Waals surface area contributed by atoms with E-state index in [0.29, 0.717) is 24.7 Å². The molecule has 18 heteroatoms. The number of likely N-dealkylation sites (tertiary alicyclic amines) is 2. The molecule has 4 aliphatic heterocycles. The fourth-order valence-electron chi connectivity index (χ4n) is 9.05. The summed E-state index contributed by atoms with van der Waals surface area (Å²) in [5.41, 5.74) is 3.04. The topological polar surface area (TPSA) is 214 Å². The van der Waals surface area contributed by atoms with Crippen LogP contribution in [0.4, 0.5) is 5.82 Å². The first-order valence-electron chi connectivity index (χ1n) is 20.7. The highest BCUT2D eigenvalue weighted by atomic mass is 16.5. The average Bonchev–Trinajstić information content (AvgIpc) is 3.77. The average molecular weight is 818 g/mol. The normalized spacial score (nSPS) is 22.7. The van der Waals surface area contributed by atoms with Crippen LogP contribution < -0.4 is 20.7 Å². The van der Waals surface area contributed by atoms with Crippen molar-refractivity contribution in [2.75, 3.05) is 44.6 Å². The van der Waals surface area contributed by atoms with Gasteiger partial charge in [0.05, 0.1) is 17.5 Å². The largest absolute Gasteiger partial charge is 0.484 e. The third-order valence-corrected chi connectivity index (χ3v) is 12.5. The lowest BCUT2D eigenvalue weighted by molar-refractivity contribution is -0.136. The van der Waals surface area contributed by atoms with Crippen LogP contribution in [0.5, 0.6) is 5.75 Å². The van der Waals surface area contributed by atoms with E-state index in [-0.39, 0.29) is 66.3 Å². The number of hydrogen-bond donors (Lipinski definition) is 3. The highest BCUT2D eigenvalue weighted by Gasteiger charge is 2.45. The first-order valence-corrected chi connectivity index (χ1v) is 20.7. The zero-order valence-corrected chi connectivity index (χ0v) is 33.3. The van der Waals surface area contributed by atoms with Crippen LogP contribution in [0.3, 0.4) is 0 Å². The van der Waals surface area contributed by atoms with Crippen molar-refractivity contribution in [1.29, 1.82) is 0 Å². The Morgan fingerprint density at radius 2 is 1.67 bits per heavy atom. The molecule has 4 aromatic rings. The summed E-state index contributed by atoms with van der Waals surface area (Å²) in [5, 5.41) is 8.92. The second kappa shape index (κ2) is 16.4. The second-order valence-electron chi connectivity index (χ2n) is 16.5. The number of carbonyl (C=O) groups excluding carboxylic acids is 6. The lowest BCUT2D eigenvalue weighted by Gasteiger charge is -2.38. The molecule has 9 rings (SSSR count). The van der Waals surface area contributed by atoms with Crippen molar-refractivity contribution in [3.05, 3.63) is 71.6 Å². The van der Waals surface area contributed by atoms with Crippen LogP contribution in [0.25, 0.3) is 11.2 Å². The minimum absolute atomic E-state index is 0.0419. The lowest BCUT2D eigenvalue weighted by atomic mass is 9.86. The second-order valence-corrected chi connectivity index (χ2v) is 16.5. The van der Waals surface area contributed by atoms with Crippen LogP contribution in [0.1, 0.15) is 94.3 Å². The number of aromatic nitrogens is 5. The molecule has 7 heterocycles. The van der Waals surface area contributed by atoms with Gasteiger partial charge in [-0.05, 0) is 88.1 Å². The fraction of sp³-hybridized carbons (Fsp3) is 0.476. The van der Waals surface area contributed by atoms with Crippen LogP contribution in [0.2, 0.25) is 0 Å². The number of amides is 6. The molecule has 5 aliphatic rings. The van der Waals surface area contributed by atoms with Gasteiger partial charge in [0.2, 0.25) is 11.8 Å². The van der Waals surface area contributed by atoms with E-state index in [2.05, 4.69) is 40.4 Å². The minimum Gasteiger partial charge on any atom is -0.484 e. The number of imide groups is 2. The number of pyridine rings is 1. The number of fused-ring (bicyclic) bond motifs is 2. The maximum absolute atomic E-state index is 13.2. The number of nitrogens with one attached hydrogen (secondary N) is 3. The Kier molecular flexibility index (Phi) is 10.7.